The third kappa shape index (κ3) is 2.63. The molecule has 0 saturated heterocycles. The van der Waals surface area contributed by atoms with Gasteiger partial charge in [-0.2, -0.15) is 0 Å². The molecular formula is C19H12FN3O2. The maximum absolute atomic E-state index is 13.4. The average Bonchev–Trinajstić information content (AvgIpc) is 2.63. The first-order valence-corrected chi connectivity index (χ1v) is 7.60. The maximum Gasteiger partial charge on any atom is 0.334 e. The number of aromatic nitrogens is 3. The molecule has 0 bridgehead atoms. The second-order valence-corrected chi connectivity index (χ2v) is 5.54. The van der Waals surface area contributed by atoms with Gasteiger partial charge in [0.2, 0.25) is 0 Å². The van der Waals surface area contributed by atoms with Crippen molar-refractivity contribution in [2.24, 2.45) is 0 Å². The van der Waals surface area contributed by atoms with Crippen LogP contribution in [0.4, 0.5) is 4.39 Å². The Labute approximate surface area is 141 Å². The third-order valence-corrected chi connectivity index (χ3v) is 3.92. The SMILES string of the molecule is O=c1[nH]c(=O)n(-c2cccc(-c3ccccc3)c2)c2ncc(F)cc12. The first-order valence-electron chi connectivity index (χ1n) is 7.60. The second-order valence-electron chi connectivity index (χ2n) is 5.54. The van der Waals surface area contributed by atoms with E-state index in [9.17, 15) is 14.0 Å². The molecule has 2 aromatic carbocycles. The van der Waals surface area contributed by atoms with E-state index in [-0.39, 0.29) is 11.0 Å². The quantitative estimate of drug-likeness (QED) is 0.613. The number of aromatic amines is 1. The lowest BCUT2D eigenvalue weighted by Crippen LogP contribution is -2.30. The number of nitrogens with zero attached hydrogens (tertiary/aromatic N) is 2. The summed E-state index contributed by atoms with van der Waals surface area (Å²) in [6.45, 7) is 0. The number of hydrogen-bond acceptors (Lipinski definition) is 3. The molecule has 0 aliphatic rings. The van der Waals surface area contributed by atoms with Gasteiger partial charge in [0.1, 0.15) is 5.82 Å². The molecule has 0 spiro atoms. The van der Waals surface area contributed by atoms with Crippen molar-refractivity contribution in [3.63, 3.8) is 0 Å². The number of halogens is 1. The minimum Gasteiger partial charge on any atom is -0.273 e. The lowest BCUT2D eigenvalue weighted by atomic mass is 10.1. The van der Waals surface area contributed by atoms with Gasteiger partial charge in [-0.15, -0.1) is 0 Å². The van der Waals surface area contributed by atoms with Gasteiger partial charge in [-0.1, -0.05) is 42.5 Å². The summed E-state index contributed by atoms with van der Waals surface area (Å²) in [6, 6.07) is 18.0. The summed E-state index contributed by atoms with van der Waals surface area (Å²) >= 11 is 0. The van der Waals surface area contributed by atoms with E-state index in [0.29, 0.717) is 5.69 Å². The molecule has 122 valence electrons. The summed E-state index contributed by atoms with van der Waals surface area (Å²) in [5, 5.41) is 0.0183. The standard InChI is InChI=1S/C19H12FN3O2/c20-14-10-16-17(21-11-14)23(19(25)22-18(16)24)15-8-4-7-13(9-15)12-5-2-1-3-6-12/h1-11H,(H,22,24,25). The molecule has 1 N–H and O–H groups in total. The second kappa shape index (κ2) is 5.83. The predicted octanol–water partition coefficient (Wildman–Crippen LogP) is 2.88. The minimum absolute atomic E-state index is 0.0183. The van der Waals surface area contributed by atoms with E-state index in [1.54, 1.807) is 6.07 Å². The highest BCUT2D eigenvalue weighted by Crippen LogP contribution is 2.22. The van der Waals surface area contributed by atoms with Crippen LogP contribution in [-0.4, -0.2) is 14.5 Å². The van der Waals surface area contributed by atoms with Crippen molar-refractivity contribution in [1.82, 2.24) is 14.5 Å². The highest BCUT2D eigenvalue weighted by atomic mass is 19.1. The maximum atomic E-state index is 13.4. The number of nitrogens with one attached hydrogen (secondary N) is 1. The molecule has 0 fully saturated rings. The zero-order valence-electron chi connectivity index (χ0n) is 12.9. The van der Waals surface area contributed by atoms with Crippen LogP contribution in [0, 0.1) is 5.82 Å². The van der Waals surface area contributed by atoms with Gasteiger partial charge in [-0.3, -0.25) is 9.78 Å². The van der Waals surface area contributed by atoms with Crippen molar-refractivity contribution in [1.29, 1.82) is 0 Å². The first kappa shape index (κ1) is 15.0. The summed E-state index contributed by atoms with van der Waals surface area (Å²) < 4.78 is 14.7. The summed E-state index contributed by atoms with van der Waals surface area (Å²) in [4.78, 5) is 30.5. The van der Waals surface area contributed by atoms with Crippen molar-refractivity contribution in [2.45, 2.75) is 0 Å². The molecule has 0 atom stereocenters. The van der Waals surface area contributed by atoms with Crippen LogP contribution in [0.2, 0.25) is 0 Å². The summed E-state index contributed by atoms with van der Waals surface area (Å²) in [5.41, 5.74) is 1.26. The number of rotatable bonds is 2. The van der Waals surface area contributed by atoms with Crippen molar-refractivity contribution >= 4 is 11.0 Å². The average molecular weight is 333 g/mol. The molecule has 5 nitrogen and oxygen atoms in total. The van der Waals surface area contributed by atoms with Crippen molar-refractivity contribution < 1.29 is 4.39 Å². The van der Waals surface area contributed by atoms with E-state index in [1.165, 1.54) is 4.57 Å². The van der Waals surface area contributed by atoms with Crippen molar-refractivity contribution in [3.05, 3.63) is 93.5 Å². The summed E-state index contributed by atoms with van der Waals surface area (Å²) in [7, 11) is 0. The van der Waals surface area contributed by atoms with Gasteiger partial charge in [-0.05, 0) is 29.3 Å². The van der Waals surface area contributed by atoms with Gasteiger partial charge < -0.3 is 0 Å². The smallest absolute Gasteiger partial charge is 0.273 e. The fourth-order valence-electron chi connectivity index (χ4n) is 2.79. The van der Waals surface area contributed by atoms with E-state index in [1.807, 2.05) is 48.5 Å². The van der Waals surface area contributed by atoms with Gasteiger partial charge in [-0.25, -0.2) is 18.7 Å². The van der Waals surface area contributed by atoms with E-state index in [2.05, 4.69) is 9.97 Å². The lowest BCUT2D eigenvalue weighted by Gasteiger charge is -2.10. The lowest BCUT2D eigenvalue weighted by molar-refractivity contribution is 0.623. The van der Waals surface area contributed by atoms with Crippen LogP contribution >= 0.6 is 0 Å². The molecule has 4 aromatic rings. The zero-order valence-corrected chi connectivity index (χ0v) is 12.9. The van der Waals surface area contributed by atoms with E-state index >= 15 is 0 Å². The van der Waals surface area contributed by atoms with Crippen LogP contribution in [0.1, 0.15) is 0 Å². The molecule has 0 aliphatic heterocycles. The van der Waals surface area contributed by atoms with E-state index in [4.69, 9.17) is 0 Å². The molecule has 0 amide bonds. The Kier molecular flexibility index (Phi) is 3.50. The largest absolute Gasteiger partial charge is 0.334 e. The number of pyridine rings is 1. The zero-order chi connectivity index (χ0) is 17.4. The Morgan fingerprint density at radius 3 is 2.48 bits per heavy atom. The monoisotopic (exact) mass is 333 g/mol. The fourth-order valence-corrected chi connectivity index (χ4v) is 2.79. The molecule has 0 unspecified atom stereocenters. The molecule has 25 heavy (non-hydrogen) atoms. The van der Waals surface area contributed by atoms with E-state index in [0.717, 1.165) is 23.4 Å². The van der Waals surface area contributed by atoms with E-state index < -0.39 is 17.1 Å². The van der Waals surface area contributed by atoms with Crippen LogP contribution in [0.25, 0.3) is 27.8 Å². The molecule has 6 heteroatoms. The number of fused-ring (bicyclic) bond motifs is 1. The molecule has 2 heterocycles. The first-order chi connectivity index (χ1) is 12.1. The van der Waals surface area contributed by atoms with Crippen molar-refractivity contribution in [2.75, 3.05) is 0 Å². The van der Waals surface area contributed by atoms with Crippen molar-refractivity contribution in [3.8, 4) is 16.8 Å². The third-order valence-electron chi connectivity index (χ3n) is 3.92. The normalized spacial score (nSPS) is 10.9. The number of hydrogen-bond donors (Lipinski definition) is 1. The Bertz CT molecular complexity index is 1200. The van der Waals surface area contributed by atoms with Crippen LogP contribution in [0.3, 0.4) is 0 Å². The number of H-pyrrole nitrogens is 1. The molecule has 2 aromatic heterocycles. The molecule has 0 aliphatic carbocycles. The Hall–Kier alpha value is -3.54. The Balaban J connectivity index is 2.00. The summed E-state index contributed by atoms with van der Waals surface area (Å²) in [6.07, 6.45) is 0.985. The topological polar surface area (TPSA) is 67.8 Å². The van der Waals surface area contributed by atoms with Gasteiger partial charge >= 0.3 is 5.69 Å². The molecule has 0 radical (unpaired) electrons. The highest BCUT2D eigenvalue weighted by molar-refractivity contribution is 5.76. The Morgan fingerprint density at radius 2 is 1.68 bits per heavy atom. The summed E-state index contributed by atoms with van der Waals surface area (Å²) in [5.74, 6) is -0.638. The van der Waals surface area contributed by atoms with Gasteiger partial charge in [0, 0.05) is 0 Å². The van der Waals surface area contributed by atoms with Crippen LogP contribution in [0.15, 0.2) is 76.4 Å². The minimum atomic E-state index is -0.664. The van der Waals surface area contributed by atoms with Gasteiger partial charge in [0.15, 0.2) is 5.65 Å². The van der Waals surface area contributed by atoms with Crippen LogP contribution in [-0.2, 0) is 0 Å². The van der Waals surface area contributed by atoms with Crippen LogP contribution in [0.5, 0.6) is 0 Å². The molecule has 4 rings (SSSR count). The molecular weight excluding hydrogens is 321 g/mol. The fraction of sp³-hybridized carbons (Fsp3) is 0. The van der Waals surface area contributed by atoms with Crippen LogP contribution < -0.4 is 11.2 Å². The number of benzene rings is 2. The highest BCUT2D eigenvalue weighted by Gasteiger charge is 2.12. The molecule has 0 saturated carbocycles. The Morgan fingerprint density at radius 1 is 0.920 bits per heavy atom. The van der Waals surface area contributed by atoms with Gasteiger partial charge in [0.25, 0.3) is 5.56 Å². The van der Waals surface area contributed by atoms with Gasteiger partial charge in [0.05, 0.1) is 17.3 Å². The predicted molar refractivity (Wildman–Crippen MR) is 93.4 cm³/mol.